The van der Waals surface area contributed by atoms with Gasteiger partial charge < -0.3 is 24.4 Å². The fourth-order valence-electron chi connectivity index (χ4n) is 3.19. The third-order valence-electron chi connectivity index (χ3n) is 4.74. The molecule has 7 heteroatoms. The van der Waals surface area contributed by atoms with Crippen LogP contribution in [0.2, 0.25) is 0 Å². The first kappa shape index (κ1) is 17.6. The van der Waals surface area contributed by atoms with Gasteiger partial charge in [-0.25, -0.2) is 4.98 Å². The van der Waals surface area contributed by atoms with Crippen molar-refractivity contribution in [3.63, 3.8) is 0 Å². The Morgan fingerprint density at radius 2 is 1.85 bits per heavy atom. The third kappa shape index (κ3) is 3.98. The maximum atomic E-state index is 12.5. The highest BCUT2D eigenvalue weighted by atomic mass is 16.6. The molecule has 2 aliphatic rings. The number of fused-ring (bicyclic) bond motifs is 1. The Bertz CT molecular complexity index is 803. The number of nitrogens with one attached hydrogen (secondary N) is 1. The standard InChI is InChI=1S/C20H23N3O4/c1-14(15-2-4-17-18(12-15)27-11-10-26-17)22-19-5-3-16(13-21-19)20(24)23-6-8-25-9-7-23/h2-5,12-14H,6-11H2,1H3,(H,21,22). The van der Waals surface area contributed by atoms with Crippen LogP contribution in [0.15, 0.2) is 36.5 Å². The smallest absolute Gasteiger partial charge is 0.255 e. The minimum Gasteiger partial charge on any atom is -0.486 e. The number of pyridine rings is 1. The van der Waals surface area contributed by atoms with Crippen LogP contribution >= 0.6 is 0 Å². The summed E-state index contributed by atoms with van der Waals surface area (Å²) in [6.45, 7) is 5.63. The molecule has 2 aromatic rings. The van der Waals surface area contributed by atoms with Crippen LogP contribution in [-0.4, -0.2) is 55.3 Å². The first-order valence-electron chi connectivity index (χ1n) is 9.20. The highest BCUT2D eigenvalue weighted by molar-refractivity contribution is 5.94. The van der Waals surface area contributed by atoms with Gasteiger partial charge >= 0.3 is 0 Å². The van der Waals surface area contributed by atoms with E-state index in [1.807, 2.05) is 30.3 Å². The van der Waals surface area contributed by atoms with Crippen molar-refractivity contribution in [3.05, 3.63) is 47.7 Å². The van der Waals surface area contributed by atoms with E-state index in [1.165, 1.54) is 0 Å². The van der Waals surface area contributed by atoms with Crippen molar-refractivity contribution in [1.82, 2.24) is 9.88 Å². The number of hydrogen-bond donors (Lipinski definition) is 1. The number of ether oxygens (including phenoxy) is 3. The van der Waals surface area contributed by atoms with E-state index in [4.69, 9.17) is 14.2 Å². The number of aromatic nitrogens is 1. The summed E-state index contributed by atoms with van der Waals surface area (Å²) in [6, 6.07) is 9.61. The van der Waals surface area contributed by atoms with Gasteiger partial charge in [0.25, 0.3) is 5.91 Å². The second kappa shape index (κ2) is 7.84. The summed E-state index contributed by atoms with van der Waals surface area (Å²) in [4.78, 5) is 18.7. The van der Waals surface area contributed by atoms with Crippen LogP contribution in [0.25, 0.3) is 0 Å². The molecule has 27 heavy (non-hydrogen) atoms. The van der Waals surface area contributed by atoms with Gasteiger partial charge in [0.15, 0.2) is 11.5 Å². The van der Waals surface area contributed by atoms with Crippen molar-refractivity contribution in [2.75, 3.05) is 44.8 Å². The molecule has 0 bridgehead atoms. The molecule has 1 unspecified atom stereocenters. The maximum Gasteiger partial charge on any atom is 0.255 e. The van der Waals surface area contributed by atoms with Gasteiger partial charge in [-0.3, -0.25) is 4.79 Å². The summed E-state index contributed by atoms with van der Waals surface area (Å²) in [5.74, 6) is 2.27. The summed E-state index contributed by atoms with van der Waals surface area (Å²) < 4.78 is 16.5. The molecule has 1 atom stereocenters. The number of rotatable bonds is 4. The van der Waals surface area contributed by atoms with E-state index in [0.717, 1.165) is 22.9 Å². The Morgan fingerprint density at radius 1 is 1.07 bits per heavy atom. The van der Waals surface area contributed by atoms with Gasteiger partial charge in [0.05, 0.1) is 24.8 Å². The first-order chi connectivity index (χ1) is 13.2. The molecule has 3 heterocycles. The largest absolute Gasteiger partial charge is 0.486 e. The van der Waals surface area contributed by atoms with Crippen LogP contribution in [0.1, 0.15) is 28.9 Å². The Kier molecular flexibility index (Phi) is 5.11. The summed E-state index contributed by atoms with van der Waals surface area (Å²) in [6.07, 6.45) is 1.62. The molecule has 0 spiro atoms. The molecule has 1 amide bonds. The topological polar surface area (TPSA) is 72.9 Å². The van der Waals surface area contributed by atoms with Crippen LogP contribution in [-0.2, 0) is 4.74 Å². The molecule has 2 aliphatic heterocycles. The molecule has 1 fully saturated rings. The van der Waals surface area contributed by atoms with Gasteiger partial charge in [-0.15, -0.1) is 0 Å². The van der Waals surface area contributed by atoms with E-state index >= 15 is 0 Å². The Morgan fingerprint density at radius 3 is 2.59 bits per heavy atom. The van der Waals surface area contributed by atoms with Crippen molar-refractivity contribution < 1.29 is 19.0 Å². The van der Waals surface area contributed by atoms with Crippen molar-refractivity contribution >= 4 is 11.7 Å². The maximum absolute atomic E-state index is 12.5. The number of morpholine rings is 1. The van der Waals surface area contributed by atoms with Crippen LogP contribution in [0.5, 0.6) is 11.5 Å². The van der Waals surface area contributed by atoms with Crippen LogP contribution in [0, 0.1) is 0 Å². The summed E-state index contributed by atoms with van der Waals surface area (Å²) in [5, 5.41) is 3.36. The van der Waals surface area contributed by atoms with Gasteiger partial charge in [-0.1, -0.05) is 6.07 Å². The van der Waals surface area contributed by atoms with Gasteiger partial charge in [-0.2, -0.15) is 0 Å². The lowest BCUT2D eigenvalue weighted by atomic mass is 10.1. The van der Waals surface area contributed by atoms with Crippen LogP contribution in [0.4, 0.5) is 5.82 Å². The zero-order valence-electron chi connectivity index (χ0n) is 15.3. The van der Waals surface area contributed by atoms with Gasteiger partial charge in [0, 0.05) is 19.3 Å². The monoisotopic (exact) mass is 369 g/mol. The average molecular weight is 369 g/mol. The molecular formula is C20H23N3O4. The molecule has 1 N–H and O–H groups in total. The van der Waals surface area contributed by atoms with Crippen LogP contribution in [0.3, 0.4) is 0 Å². The van der Waals surface area contributed by atoms with Crippen LogP contribution < -0.4 is 14.8 Å². The van der Waals surface area contributed by atoms with Crippen molar-refractivity contribution in [2.45, 2.75) is 13.0 Å². The molecule has 1 aromatic heterocycles. The van der Waals surface area contributed by atoms with E-state index < -0.39 is 0 Å². The molecule has 4 rings (SSSR count). The van der Waals surface area contributed by atoms with E-state index in [2.05, 4.69) is 17.2 Å². The van der Waals surface area contributed by atoms with E-state index in [-0.39, 0.29) is 11.9 Å². The van der Waals surface area contributed by atoms with E-state index in [0.29, 0.717) is 45.1 Å². The predicted octanol–water partition coefficient (Wildman–Crippen LogP) is 2.50. The second-order valence-corrected chi connectivity index (χ2v) is 6.61. The summed E-state index contributed by atoms with van der Waals surface area (Å²) >= 11 is 0. The molecule has 1 aromatic carbocycles. The number of carbonyl (C=O) groups excluding carboxylic acids is 1. The predicted molar refractivity (Wildman–Crippen MR) is 100 cm³/mol. The number of anilines is 1. The summed E-state index contributed by atoms with van der Waals surface area (Å²) in [5.41, 5.74) is 1.67. The zero-order chi connectivity index (χ0) is 18.6. The number of amides is 1. The number of hydrogen-bond acceptors (Lipinski definition) is 6. The molecule has 1 saturated heterocycles. The highest BCUT2D eigenvalue weighted by Gasteiger charge is 2.19. The minimum absolute atomic E-state index is 0.00256. The van der Waals surface area contributed by atoms with Crippen molar-refractivity contribution in [2.24, 2.45) is 0 Å². The van der Waals surface area contributed by atoms with Gasteiger partial charge in [0.1, 0.15) is 19.0 Å². The van der Waals surface area contributed by atoms with E-state index in [9.17, 15) is 4.79 Å². The number of nitrogens with zero attached hydrogens (tertiary/aromatic N) is 2. The first-order valence-corrected chi connectivity index (χ1v) is 9.20. The highest BCUT2D eigenvalue weighted by Crippen LogP contribution is 2.33. The molecule has 142 valence electrons. The number of benzene rings is 1. The average Bonchev–Trinajstić information content (AvgIpc) is 2.74. The SMILES string of the molecule is CC(Nc1ccc(C(=O)N2CCOCC2)cn1)c1ccc2c(c1)OCCO2. The molecule has 0 aliphatic carbocycles. The lowest BCUT2D eigenvalue weighted by molar-refractivity contribution is 0.0302. The quantitative estimate of drug-likeness (QED) is 0.893. The Labute approximate surface area is 158 Å². The Balaban J connectivity index is 1.41. The fraction of sp³-hybridized carbons (Fsp3) is 0.400. The second-order valence-electron chi connectivity index (χ2n) is 6.61. The van der Waals surface area contributed by atoms with E-state index in [1.54, 1.807) is 11.1 Å². The molecule has 0 radical (unpaired) electrons. The fourth-order valence-corrected chi connectivity index (χ4v) is 3.19. The number of carbonyl (C=O) groups is 1. The molecular weight excluding hydrogens is 346 g/mol. The molecule has 7 nitrogen and oxygen atoms in total. The lowest BCUT2D eigenvalue weighted by Gasteiger charge is -2.26. The van der Waals surface area contributed by atoms with Gasteiger partial charge in [-0.05, 0) is 36.8 Å². The normalized spacial score (nSPS) is 17.3. The van der Waals surface area contributed by atoms with Crippen molar-refractivity contribution in [1.29, 1.82) is 0 Å². The minimum atomic E-state index is -0.00256. The van der Waals surface area contributed by atoms with Gasteiger partial charge in [0.2, 0.25) is 0 Å². The van der Waals surface area contributed by atoms with Crippen molar-refractivity contribution in [3.8, 4) is 11.5 Å². The third-order valence-corrected chi connectivity index (χ3v) is 4.74. The molecule has 0 saturated carbocycles. The Hall–Kier alpha value is -2.80. The summed E-state index contributed by atoms with van der Waals surface area (Å²) in [7, 11) is 0. The zero-order valence-corrected chi connectivity index (χ0v) is 15.3. The lowest BCUT2D eigenvalue weighted by Crippen LogP contribution is -2.40.